The molecule has 0 aliphatic rings. The summed E-state index contributed by atoms with van der Waals surface area (Å²) in [4.78, 5) is 0. The van der Waals surface area contributed by atoms with Gasteiger partial charge in [-0.15, -0.1) is 0 Å². The van der Waals surface area contributed by atoms with E-state index < -0.39 is 0 Å². The second-order valence-corrected chi connectivity index (χ2v) is 7.97. The van der Waals surface area contributed by atoms with Crippen LogP contribution in [-0.4, -0.2) is 11.8 Å². The van der Waals surface area contributed by atoms with Crippen molar-refractivity contribution >= 4 is 8.81 Å². The summed E-state index contributed by atoms with van der Waals surface area (Å²) < 4.78 is 5.96. The van der Waals surface area contributed by atoms with Crippen molar-refractivity contribution in [1.82, 2.24) is 0 Å². The first kappa shape index (κ1) is 21.4. The molecule has 0 aromatic carbocycles. The largest absolute Gasteiger partial charge is 0.360 e. The van der Waals surface area contributed by atoms with Crippen molar-refractivity contribution < 1.29 is 4.52 Å². The highest BCUT2D eigenvalue weighted by Crippen LogP contribution is 2.36. The van der Waals surface area contributed by atoms with Crippen molar-refractivity contribution in [3.8, 4) is 0 Å². The Labute approximate surface area is 136 Å². The molecule has 0 aromatic heterocycles. The predicted molar refractivity (Wildman–Crippen MR) is 99.6 cm³/mol. The molecule has 0 saturated carbocycles. The lowest BCUT2D eigenvalue weighted by molar-refractivity contribution is 0.267. The van der Waals surface area contributed by atoms with Gasteiger partial charge in [0.2, 0.25) is 0 Å². The van der Waals surface area contributed by atoms with Crippen LogP contribution in [0.4, 0.5) is 0 Å². The highest BCUT2D eigenvalue weighted by atomic mass is 31.1. The number of hydrogen-bond acceptors (Lipinski definition) is 1. The molecule has 21 heavy (non-hydrogen) atoms. The Hall–Kier alpha value is 0.390. The summed E-state index contributed by atoms with van der Waals surface area (Å²) in [6, 6.07) is 0. The van der Waals surface area contributed by atoms with Gasteiger partial charge in [0, 0.05) is 14.5 Å². The lowest BCUT2D eigenvalue weighted by Crippen LogP contribution is -2.17. The van der Waals surface area contributed by atoms with Gasteiger partial charge in [0.1, 0.15) is 0 Å². The number of rotatable bonds is 15. The summed E-state index contributed by atoms with van der Waals surface area (Å²) in [7, 11) is 0.708. The molecule has 0 bridgehead atoms. The Kier molecular flexibility index (Phi) is 15.6. The van der Waals surface area contributed by atoms with Crippen molar-refractivity contribution in [2.24, 2.45) is 5.92 Å². The van der Waals surface area contributed by atoms with Crippen LogP contribution in [0.25, 0.3) is 0 Å². The maximum atomic E-state index is 5.96. The van der Waals surface area contributed by atoms with Crippen LogP contribution in [0.15, 0.2) is 0 Å². The van der Waals surface area contributed by atoms with Crippen LogP contribution >= 0.6 is 8.81 Å². The van der Waals surface area contributed by atoms with Crippen LogP contribution < -0.4 is 0 Å². The second-order valence-electron chi connectivity index (χ2n) is 6.76. The summed E-state index contributed by atoms with van der Waals surface area (Å²) in [6.07, 6.45) is 15.7. The van der Waals surface area contributed by atoms with Gasteiger partial charge in [-0.2, -0.15) is 0 Å². The Morgan fingerprint density at radius 1 is 0.762 bits per heavy atom. The van der Waals surface area contributed by atoms with E-state index in [1.54, 1.807) is 0 Å². The standard InChI is InChI=1S/C19H41OP/c1-6-9-11-13-15-18(16-14-12-10-7-2)19(8-3)21-20-17(4)5/h17-19,21H,6-16H2,1-5H3. The van der Waals surface area contributed by atoms with Crippen molar-refractivity contribution in [3.63, 3.8) is 0 Å². The van der Waals surface area contributed by atoms with E-state index in [0.717, 1.165) is 11.6 Å². The third-order valence-electron chi connectivity index (χ3n) is 4.32. The van der Waals surface area contributed by atoms with Gasteiger partial charge in [0.25, 0.3) is 0 Å². The molecular formula is C19H41OP. The third kappa shape index (κ3) is 12.6. The Morgan fingerprint density at radius 3 is 1.67 bits per heavy atom. The van der Waals surface area contributed by atoms with Crippen molar-refractivity contribution in [1.29, 1.82) is 0 Å². The predicted octanol–water partition coefficient (Wildman–Crippen LogP) is 7.34. The SMILES string of the molecule is CCCCCCC(CCCCCC)C(CC)POC(C)C. The molecule has 2 unspecified atom stereocenters. The van der Waals surface area contributed by atoms with Crippen LogP contribution in [0.1, 0.15) is 105 Å². The highest BCUT2D eigenvalue weighted by molar-refractivity contribution is 7.33. The van der Waals surface area contributed by atoms with Crippen molar-refractivity contribution in [3.05, 3.63) is 0 Å². The molecule has 0 aliphatic carbocycles. The van der Waals surface area contributed by atoms with Gasteiger partial charge >= 0.3 is 0 Å². The molecule has 0 rings (SSSR count). The van der Waals surface area contributed by atoms with E-state index in [2.05, 4.69) is 34.6 Å². The van der Waals surface area contributed by atoms with Gasteiger partial charge in [0.15, 0.2) is 0 Å². The fourth-order valence-corrected chi connectivity index (χ4v) is 4.09. The number of unbranched alkanes of at least 4 members (excludes halogenated alkanes) is 6. The molecule has 0 amide bonds. The lowest BCUT2D eigenvalue weighted by Gasteiger charge is -2.27. The smallest absolute Gasteiger partial charge is 0.0558 e. The average molecular weight is 317 g/mol. The van der Waals surface area contributed by atoms with Crippen molar-refractivity contribution in [2.45, 2.75) is 117 Å². The maximum absolute atomic E-state index is 5.96. The summed E-state index contributed by atoms with van der Waals surface area (Å²) in [5.41, 5.74) is 0.802. The molecule has 0 spiro atoms. The van der Waals surface area contributed by atoms with Gasteiger partial charge < -0.3 is 4.52 Å². The maximum Gasteiger partial charge on any atom is 0.0558 e. The van der Waals surface area contributed by atoms with Crippen LogP contribution in [0, 0.1) is 5.92 Å². The fourth-order valence-electron chi connectivity index (χ4n) is 2.95. The monoisotopic (exact) mass is 316 g/mol. The molecule has 0 aromatic rings. The van der Waals surface area contributed by atoms with Crippen LogP contribution in [0.3, 0.4) is 0 Å². The molecule has 2 atom stereocenters. The van der Waals surface area contributed by atoms with Crippen LogP contribution in [-0.2, 0) is 4.52 Å². The first-order valence-electron chi connectivity index (χ1n) is 9.56. The summed E-state index contributed by atoms with van der Waals surface area (Å²) >= 11 is 0. The van der Waals surface area contributed by atoms with E-state index in [1.807, 2.05) is 0 Å². The quantitative estimate of drug-likeness (QED) is 0.227. The van der Waals surface area contributed by atoms with Gasteiger partial charge in [-0.05, 0) is 39.0 Å². The van der Waals surface area contributed by atoms with E-state index in [-0.39, 0.29) is 0 Å². The topological polar surface area (TPSA) is 9.23 Å². The number of hydrogen-bond donors (Lipinski definition) is 0. The van der Waals surface area contributed by atoms with Crippen LogP contribution in [0.2, 0.25) is 0 Å². The van der Waals surface area contributed by atoms with E-state index in [0.29, 0.717) is 14.9 Å². The molecule has 0 radical (unpaired) electrons. The first-order chi connectivity index (χ1) is 10.2. The minimum atomic E-state index is 0.387. The second kappa shape index (κ2) is 15.3. The minimum Gasteiger partial charge on any atom is -0.360 e. The molecule has 0 saturated heterocycles. The summed E-state index contributed by atoms with van der Waals surface area (Å²) in [5, 5.41) is 0. The Morgan fingerprint density at radius 2 is 1.29 bits per heavy atom. The molecule has 0 fully saturated rings. The van der Waals surface area contributed by atoms with E-state index in [4.69, 9.17) is 4.52 Å². The van der Waals surface area contributed by atoms with Crippen molar-refractivity contribution in [2.75, 3.05) is 0 Å². The minimum absolute atomic E-state index is 0.387. The molecule has 0 heterocycles. The molecule has 0 aliphatic heterocycles. The zero-order valence-electron chi connectivity index (χ0n) is 15.4. The lowest BCUT2D eigenvalue weighted by atomic mass is 9.90. The molecule has 1 nitrogen and oxygen atoms in total. The summed E-state index contributed by atoms with van der Waals surface area (Å²) in [5.74, 6) is 0.904. The Bertz CT molecular complexity index is 194. The first-order valence-corrected chi connectivity index (χ1v) is 10.5. The third-order valence-corrected chi connectivity index (χ3v) is 6.11. The van der Waals surface area contributed by atoms with E-state index in [1.165, 1.54) is 70.6 Å². The molecule has 128 valence electrons. The molecule has 2 heteroatoms. The van der Waals surface area contributed by atoms with Gasteiger partial charge in [-0.3, -0.25) is 0 Å². The average Bonchev–Trinajstić information content (AvgIpc) is 2.47. The van der Waals surface area contributed by atoms with E-state index >= 15 is 0 Å². The molecule has 0 N–H and O–H groups in total. The van der Waals surface area contributed by atoms with Gasteiger partial charge in [-0.25, -0.2) is 0 Å². The highest BCUT2D eigenvalue weighted by Gasteiger charge is 2.20. The van der Waals surface area contributed by atoms with Crippen LogP contribution in [0.5, 0.6) is 0 Å². The van der Waals surface area contributed by atoms with E-state index in [9.17, 15) is 0 Å². The van der Waals surface area contributed by atoms with Gasteiger partial charge in [-0.1, -0.05) is 72.1 Å². The zero-order valence-corrected chi connectivity index (χ0v) is 16.4. The summed E-state index contributed by atoms with van der Waals surface area (Å²) in [6.45, 7) is 11.3. The zero-order chi connectivity index (χ0) is 15.9. The normalized spacial score (nSPS) is 13.9. The molecular weight excluding hydrogens is 275 g/mol. The van der Waals surface area contributed by atoms with Gasteiger partial charge in [0.05, 0.1) is 6.10 Å². The fraction of sp³-hybridized carbons (Fsp3) is 1.00. The Balaban J connectivity index is 4.21.